The molecule has 0 saturated heterocycles. The Morgan fingerprint density at radius 2 is 2.15 bits per heavy atom. The van der Waals surface area contributed by atoms with Gasteiger partial charge in [0.05, 0.1) is 23.0 Å². The number of hydrogen-bond donors (Lipinski definition) is 2. The summed E-state index contributed by atoms with van der Waals surface area (Å²) in [6.45, 7) is 1.94. The van der Waals surface area contributed by atoms with Crippen molar-refractivity contribution in [2.45, 2.75) is 13.3 Å². The van der Waals surface area contributed by atoms with Crippen molar-refractivity contribution in [3.05, 3.63) is 47.3 Å². The number of carbonyl (C=O) groups excluding carboxylic acids is 1. The van der Waals surface area contributed by atoms with Crippen LogP contribution in [-0.2, 0) is 13.5 Å². The van der Waals surface area contributed by atoms with Crippen molar-refractivity contribution >= 4 is 17.6 Å². The Kier molecular flexibility index (Phi) is 3.84. The zero-order chi connectivity index (χ0) is 14.7. The summed E-state index contributed by atoms with van der Waals surface area (Å²) >= 11 is 0. The maximum atomic E-state index is 12.0. The number of aromatic carboxylic acids is 1. The van der Waals surface area contributed by atoms with Gasteiger partial charge in [-0.1, -0.05) is 13.0 Å². The van der Waals surface area contributed by atoms with E-state index in [4.69, 9.17) is 0 Å². The number of carbonyl (C=O) groups is 2. The van der Waals surface area contributed by atoms with Gasteiger partial charge in [0.15, 0.2) is 0 Å². The predicted molar refractivity (Wildman–Crippen MR) is 73.9 cm³/mol. The molecule has 1 aromatic carbocycles. The van der Waals surface area contributed by atoms with E-state index in [-0.39, 0.29) is 17.2 Å². The molecule has 0 unspecified atom stereocenters. The molecule has 2 N–H and O–H groups in total. The maximum absolute atomic E-state index is 12.0. The van der Waals surface area contributed by atoms with Crippen molar-refractivity contribution in [2.24, 2.45) is 7.05 Å². The van der Waals surface area contributed by atoms with Crippen LogP contribution >= 0.6 is 0 Å². The van der Waals surface area contributed by atoms with Gasteiger partial charge >= 0.3 is 5.97 Å². The van der Waals surface area contributed by atoms with Gasteiger partial charge in [0.2, 0.25) is 0 Å². The van der Waals surface area contributed by atoms with E-state index in [0.717, 1.165) is 12.0 Å². The fraction of sp³-hybridized carbons (Fsp3) is 0.214. The lowest BCUT2D eigenvalue weighted by molar-refractivity contribution is 0.0698. The van der Waals surface area contributed by atoms with Gasteiger partial charge in [-0.3, -0.25) is 9.48 Å². The summed E-state index contributed by atoms with van der Waals surface area (Å²) in [6, 6.07) is 4.98. The minimum Gasteiger partial charge on any atom is -0.478 e. The monoisotopic (exact) mass is 273 g/mol. The zero-order valence-electron chi connectivity index (χ0n) is 11.3. The van der Waals surface area contributed by atoms with E-state index in [2.05, 4.69) is 10.4 Å². The number of rotatable bonds is 4. The first-order valence-electron chi connectivity index (χ1n) is 6.17. The molecule has 0 aliphatic heterocycles. The molecule has 0 radical (unpaired) electrons. The Bertz CT molecular complexity index is 661. The smallest absolute Gasteiger partial charge is 0.337 e. The van der Waals surface area contributed by atoms with Crippen molar-refractivity contribution in [1.29, 1.82) is 0 Å². The lowest BCUT2D eigenvalue weighted by atomic mass is 10.1. The summed E-state index contributed by atoms with van der Waals surface area (Å²) < 4.78 is 1.51. The van der Waals surface area contributed by atoms with E-state index in [0.29, 0.717) is 5.56 Å². The molecule has 0 spiro atoms. The molecule has 1 amide bonds. The van der Waals surface area contributed by atoms with E-state index in [1.165, 1.54) is 10.9 Å². The van der Waals surface area contributed by atoms with Gasteiger partial charge < -0.3 is 10.4 Å². The molecule has 0 atom stereocenters. The molecule has 1 aromatic heterocycles. The summed E-state index contributed by atoms with van der Waals surface area (Å²) in [6.07, 6.45) is 3.73. The highest BCUT2D eigenvalue weighted by molar-refractivity contribution is 6.07. The molecule has 0 saturated carbocycles. The van der Waals surface area contributed by atoms with Crippen LogP contribution in [0.15, 0.2) is 30.6 Å². The van der Waals surface area contributed by atoms with Gasteiger partial charge in [-0.15, -0.1) is 0 Å². The third-order valence-corrected chi connectivity index (χ3v) is 2.94. The second-order valence-corrected chi connectivity index (χ2v) is 4.40. The van der Waals surface area contributed by atoms with Crippen LogP contribution in [0.25, 0.3) is 0 Å². The van der Waals surface area contributed by atoms with Crippen LogP contribution in [0.4, 0.5) is 5.69 Å². The van der Waals surface area contributed by atoms with Crippen molar-refractivity contribution in [3.8, 4) is 0 Å². The van der Waals surface area contributed by atoms with Gasteiger partial charge in [-0.2, -0.15) is 5.10 Å². The molecular formula is C14H15N3O3. The molecule has 0 bridgehead atoms. The Morgan fingerprint density at radius 1 is 1.40 bits per heavy atom. The van der Waals surface area contributed by atoms with Crippen molar-refractivity contribution in [3.63, 3.8) is 0 Å². The number of carboxylic acid groups (broad SMARTS) is 1. The van der Waals surface area contributed by atoms with Gasteiger partial charge in [0, 0.05) is 13.2 Å². The highest BCUT2D eigenvalue weighted by atomic mass is 16.4. The molecule has 0 aliphatic carbocycles. The number of carboxylic acids is 1. The third-order valence-electron chi connectivity index (χ3n) is 2.94. The molecule has 104 valence electrons. The minimum atomic E-state index is -1.07. The highest BCUT2D eigenvalue weighted by Gasteiger charge is 2.15. The molecule has 0 fully saturated rings. The lowest BCUT2D eigenvalue weighted by Gasteiger charge is -2.09. The van der Waals surface area contributed by atoms with E-state index >= 15 is 0 Å². The lowest BCUT2D eigenvalue weighted by Crippen LogP contribution is -2.14. The summed E-state index contributed by atoms with van der Waals surface area (Å²) in [5.41, 5.74) is 1.65. The standard InChI is InChI=1S/C14H15N3O3/c1-3-9-4-5-12(11(6-9)14(19)20)16-13(18)10-7-15-17(2)8-10/h4-8H,3H2,1-2H3,(H,16,18)(H,19,20). The minimum absolute atomic E-state index is 0.0848. The van der Waals surface area contributed by atoms with E-state index in [1.807, 2.05) is 6.92 Å². The maximum Gasteiger partial charge on any atom is 0.337 e. The van der Waals surface area contributed by atoms with Gasteiger partial charge in [0.25, 0.3) is 5.91 Å². The molecule has 2 rings (SSSR count). The van der Waals surface area contributed by atoms with Crippen molar-refractivity contribution < 1.29 is 14.7 Å². The van der Waals surface area contributed by atoms with E-state index in [1.54, 1.807) is 31.4 Å². The Balaban J connectivity index is 2.29. The van der Waals surface area contributed by atoms with Crippen LogP contribution in [0.1, 0.15) is 33.2 Å². The van der Waals surface area contributed by atoms with E-state index < -0.39 is 5.97 Å². The fourth-order valence-corrected chi connectivity index (χ4v) is 1.83. The van der Waals surface area contributed by atoms with Gasteiger partial charge in [-0.25, -0.2) is 4.79 Å². The van der Waals surface area contributed by atoms with Gasteiger partial charge in [-0.05, 0) is 24.1 Å². The highest BCUT2D eigenvalue weighted by Crippen LogP contribution is 2.19. The first kappa shape index (κ1) is 13.8. The molecule has 0 aliphatic rings. The Morgan fingerprint density at radius 3 is 2.70 bits per heavy atom. The molecule has 20 heavy (non-hydrogen) atoms. The fourth-order valence-electron chi connectivity index (χ4n) is 1.83. The first-order valence-corrected chi connectivity index (χ1v) is 6.17. The van der Waals surface area contributed by atoms with Crippen LogP contribution in [0.5, 0.6) is 0 Å². The summed E-state index contributed by atoms with van der Waals surface area (Å²) in [4.78, 5) is 23.2. The number of hydrogen-bond acceptors (Lipinski definition) is 3. The predicted octanol–water partition coefficient (Wildman–Crippen LogP) is 1.93. The Hall–Kier alpha value is -2.63. The van der Waals surface area contributed by atoms with Crippen LogP contribution in [0.3, 0.4) is 0 Å². The second kappa shape index (κ2) is 5.56. The average Bonchev–Trinajstić information content (AvgIpc) is 2.85. The van der Waals surface area contributed by atoms with Crippen LogP contribution in [0, 0.1) is 0 Å². The number of amides is 1. The summed E-state index contributed by atoms with van der Waals surface area (Å²) in [5.74, 6) is -1.45. The number of benzene rings is 1. The number of nitrogens with one attached hydrogen (secondary N) is 1. The van der Waals surface area contributed by atoms with Crippen LogP contribution in [-0.4, -0.2) is 26.8 Å². The molecule has 1 heterocycles. The van der Waals surface area contributed by atoms with Gasteiger partial charge in [0.1, 0.15) is 0 Å². The molecule has 6 nitrogen and oxygen atoms in total. The largest absolute Gasteiger partial charge is 0.478 e. The van der Waals surface area contributed by atoms with Crippen LogP contribution < -0.4 is 5.32 Å². The van der Waals surface area contributed by atoms with Crippen molar-refractivity contribution in [2.75, 3.05) is 5.32 Å². The molecular weight excluding hydrogens is 258 g/mol. The number of anilines is 1. The molecule has 6 heteroatoms. The Labute approximate surface area is 116 Å². The van der Waals surface area contributed by atoms with Crippen LogP contribution in [0.2, 0.25) is 0 Å². The van der Waals surface area contributed by atoms with E-state index in [9.17, 15) is 14.7 Å². The normalized spacial score (nSPS) is 10.3. The molecule has 2 aromatic rings. The quantitative estimate of drug-likeness (QED) is 0.891. The third kappa shape index (κ3) is 2.85. The SMILES string of the molecule is CCc1ccc(NC(=O)c2cnn(C)c2)c(C(=O)O)c1. The topological polar surface area (TPSA) is 84.2 Å². The second-order valence-electron chi connectivity index (χ2n) is 4.40. The number of nitrogens with zero attached hydrogens (tertiary/aromatic N) is 2. The van der Waals surface area contributed by atoms with Crippen molar-refractivity contribution in [1.82, 2.24) is 9.78 Å². The summed E-state index contributed by atoms with van der Waals surface area (Å²) in [5, 5.41) is 15.7. The average molecular weight is 273 g/mol. The number of aryl methyl sites for hydroxylation is 2. The number of aromatic nitrogens is 2. The zero-order valence-corrected chi connectivity index (χ0v) is 11.3. The summed E-state index contributed by atoms with van der Waals surface area (Å²) in [7, 11) is 1.70. The first-order chi connectivity index (χ1) is 9.51.